The maximum absolute atomic E-state index is 13.3. The second-order valence-electron chi connectivity index (χ2n) is 9.19. The molecule has 198 valence electrons. The molecule has 1 saturated heterocycles. The van der Waals surface area contributed by atoms with E-state index in [0.717, 1.165) is 11.3 Å². The minimum Gasteiger partial charge on any atom is -0.497 e. The Morgan fingerprint density at radius 2 is 1.86 bits per heavy atom. The first-order chi connectivity index (χ1) is 17.9. The van der Waals surface area contributed by atoms with E-state index in [9.17, 15) is 14.4 Å². The quantitative estimate of drug-likeness (QED) is 0.559. The highest BCUT2D eigenvalue weighted by molar-refractivity contribution is 6.00. The molecule has 10 heteroatoms. The molecule has 2 heterocycles. The van der Waals surface area contributed by atoms with Crippen LogP contribution in [0.5, 0.6) is 11.5 Å². The number of hydrogen-bond acceptors (Lipinski definition) is 7. The second-order valence-corrected chi connectivity index (χ2v) is 9.19. The van der Waals surface area contributed by atoms with Crippen LogP contribution in [0.15, 0.2) is 42.5 Å². The lowest BCUT2D eigenvalue weighted by molar-refractivity contribution is -0.134. The van der Waals surface area contributed by atoms with Crippen LogP contribution in [0.3, 0.4) is 0 Å². The number of likely N-dealkylation sites (N-methyl/N-ethyl adjacent to an activating group) is 1. The third-order valence-electron chi connectivity index (χ3n) is 6.63. The number of amides is 3. The summed E-state index contributed by atoms with van der Waals surface area (Å²) in [6, 6.07) is 12.3. The molecule has 0 spiro atoms. The van der Waals surface area contributed by atoms with Gasteiger partial charge in [0.1, 0.15) is 30.8 Å². The third kappa shape index (κ3) is 6.58. The van der Waals surface area contributed by atoms with E-state index < -0.39 is 0 Å². The molecule has 0 aliphatic carbocycles. The Morgan fingerprint density at radius 1 is 1.08 bits per heavy atom. The van der Waals surface area contributed by atoms with Crippen molar-refractivity contribution >= 4 is 23.4 Å². The minimum absolute atomic E-state index is 0.0802. The Bertz CT molecular complexity index is 1120. The molecule has 0 bridgehead atoms. The van der Waals surface area contributed by atoms with E-state index in [1.165, 1.54) is 7.11 Å². The third-order valence-corrected chi connectivity index (χ3v) is 6.63. The number of methoxy groups -OCH3 is 2. The zero-order valence-electron chi connectivity index (χ0n) is 21.3. The van der Waals surface area contributed by atoms with E-state index in [1.807, 2.05) is 24.3 Å². The summed E-state index contributed by atoms with van der Waals surface area (Å²) >= 11 is 0. The summed E-state index contributed by atoms with van der Waals surface area (Å²) in [7, 11) is 4.80. The van der Waals surface area contributed by atoms with Crippen LogP contribution in [0, 0.1) is 0 Å². The fourth-order valence-electron chi connectivity index (χ4n) is 4.66. The highest BCUT2D eigenvalue weighted by Crippen LogP contribution is 2.32. The number of fused-ring (bicyclic) bond motifs is 2. The van der Waals surface area contributed by atoms with Crippen LogP contribution < -0.4 is 20.1 Å². The van der Waals surface area contributed by atoms with Gasteiger partial charge < -0.3 is 34.5 Å². The molecule has 2 aliphatic rings. The number of benzene rings is 2. The van der Waals surface area contributed by atoms with Gasteiger partial charge in [0.05, 0.1) is 31.2 Å². The maximum Gasteiger partial charge on any atom is 0.257 e. The lowest BCUT2D eigenvalue weighted by Gasteiger charge is -2.42. The first-order valence-electron chi connectivity index (χ1n) is 12.3. The molecule has 0 aromatic heterocycles. The van der Waals surface area contributed by atoms with E-state index in [0.29, 0.717) is 36.4 Å². The van der Waals surface area contributed by atoms with Crippen molar-refractivity contribution in [3.05, 3.63) is 53.6 Å². The number of nitrogens with one attached hydrogen (secondary N) is 2. The van der Waals surface area contributed by atoms with Gasteiger partial charge in [0.2, 0.25) is 11.8 Å². The van der Waals surface area contributed by atoms with Crippen molar-refractivity contribution in [1.82, 2.24) is 10.2 Å². The first-order valence-corrected chi connectivity index (χ1v) is 12.3. The van der Waals surface area contributed by atoms with E-state index >= 15 is 0 Å². The van der Waals surface area contributed by atoms with Crippen molar-refractivity contribution in [2.45, 2.75) is 44.1 Å². The minimum atomic E-state index is -0.365. The Labute approximate surface area is 216 Å². The molecule has 0 unspecified atom stereocenters. The van der Waals surface area contributed by atoms with Gasteiger partial charge in [-0.05, 0) is 48.7 Å². The summed E-state index contributed by atoms with van der Waals surface area (Å²) in [5.41, 5.74) is 1.84. The smallest absolute Gasteiger partial charge is 0.257 e. The van der Waals surface area contributed by atoms with Crippen molar-refractivity contribution in [1.29, 1.82) is 0 Å². The number of hydrogen-bond donors (Lipinski definition) is 2. The zero-order valence-corrected chi connectivity index (χ0v) is 21.3. The first kappa shape index (κ1) is 26.4. The van der Waals surface area contributed by atoms with Gasteiger partial charge in [-0.3, -0.25) is 14.4 Å². The molecule has 3 atom stereocenters. The average molecular weight is 512 g/mol. The number of nitrogens with zero attached hydrogens (tertiary/aromatic N) is 1. The molecular weight excluding hydrogens is 478 g/mol. The molecule has 0 radical (unpaired) electrons. The Kier molecular flexibility index (Phi) is 8.62. The normalized spacial score (nSPS) is 21.0. The Balaban J connectivity index is 1.35. The van der Waals surface area contributed by atoms with Crippen molar-refractivity contribution in [3.8, 4) is 11.5 Å². The van der Waals surface area contributed by atoms with Crippen molar-refractivity contribution in [2.75, 3.05) is 39.8 Å². The summed E-state index contributed by atoms with van der Waals surface area (Å²) < 4.78 is 22.2. The van der Waals surface area contributed by atoms with Crippen molar-refractivity contribution < 1.29 is 33.3 Å². The van der Waals surface area contributed by atoms with Crippen LogP contribution in [0.25, 0.3) is 0 Å². The highest BCUT2D eigenvalue weighted by Gasteiger charge is 2.39. The van der Waals surface area contributed by atoms with Gasteiger partial charge in [-0.25, -0.2) is 0 Å². The van der Waals surface area contributed by atoms with Crippen molar-refractivity contribution in [3.63, 3.8) is 0 Å². The van der Waals surface area contributed by atoms with E-state index in [4.69, 9.17) is 18.9 Å². The van der Waals surface area contributed by atoms with Gasteiger partial charge in [0, 0.05) is 26.4 Å². The molecule has 37 heavy (non-hydrogen) atoms. The van der Waals surface area contributed by atoms with Crippen molar-refractivity contribution in [2.24, 2.45) is 0 Å². The van der Waals surface area contributed by atoms with Crippen LogP contribution in [-0.4, -0.2) is 75.4 Å². The van der Waals surface area contributed by atoms with Gasteiger partial charge in [0.15, 0.2) is 0 Å². The molecule has 2 aliphatic heterocycles. The van der Waals surface area contributed by atoms with Gasteiger partial charge in [0.25, 0.3) is 5.91 Å². The zero-order chi connectivity index (χ0) is 26.4. The molecule has 0 saturated carbocycles. The molecule has 4 rings (SSSR count). The van der Waals surface area contributed by atoms with Crippen LogP contribution in [0.1, 0.15) is 35.2 Å². The fourth-order valence-corrected chi connectivity index (χ4v) is 4.66. The largest absolute Gasteiger partial charge is 0.497 e. The molecule has 10 nitrogen and oxygen atoms in total. The highest BCUT2D eigenvalue weighted by atomic mass is 16.5. The molecular formula is C27H33N3O7. The molecule has 1 fully saturated rings. The maximum atomic E-state index is 13.3. The standard InChI is InChI=1S/C27H33N3O7/c1-30-22-10-9-20(13-25(31)28-14-17-4-7-19(35-3)8-5-17)37-24(22)15-36-23-11-6-18(12-21(23)27(30)33)29-26(32)16-34-2/h4-8,11-12,20,22,24H,9-10,13-16H2,1-3H3,(H,28,31)(H,29,32)/t20-,22-,24-/m0/s1. The number of rotatable bonds is 8. The number of anilines is 1. The van der Waals surface area contributed by atoms with E-state index in [-0.39, 0.29) is 55.6 Å². The second kappa shape index (κ2) is 12.1. The Morgan fingerprint density at radius 3 is 2.59 bits per heavy atom. The van der Waals surface area contributed by atoms with Crippen LogP contribution in [-0.2, 0) is 25.6 Å². The molecule has 2 aromatic rings. The summed E-state index contributed by atoms with van der Waals surface area (Å²) in [5, 5.41) is 5.65. The van der Waals surface area contributed by atoms with Gasteiger partial charge >= 0.3 is 0 Å². The van der Waals surface area contributed by atoms with Crippen LogP contribution >= 0.6 is 0 Å². The van der Waals surface area contributed by atoms with Crippen LogP contribution in [0.4, 0.5) is 5.69 Å². The van der Waals surface area contributed by atoms with E-state index in [1.54, 1.807) is 37.3 Å². The lowest BCUT2D eigenvalue weighted by atomic mass is 9.94. The predicted molar refractivity (Wildman–Crippen MR) is 136 cm³/mol. The molecule has 2 N–H and O–H groups in total. The summed E-state index contributed by atoms with van der Waals surface area (Å²) in [6.45, 7) is 0.588. The molecule has 2 aromatic carbocycles. The molecule has 3 amide bonds. The van der Waals surface area contributed by atoms with Crippen LogP contribution in [0.2, 0.25) is 0 Å². The van der Waals surface area contributed by atoms with E-state index in [2.05, 4.69) is 10.6 Å². The number of ether oxygens (including phenoxy) is 4. The SMILES string of the molecule is COCC(=O)Nc1ccc2c(c1)C(=O)N(C)[C@H]1CC[C@@H](CC(=O)NCc3ccc(OC)cc3)O[C@H]1CO2. The summed E-state index contributed by atoms with van der Waals surface area (Å²) in [4.78, 5) is 39.4. The predicted octanol–water partition coefficient (Wildman–Crippen LogP) is 2.37. The monoisotopic (exact) mass is 511 g/mol. The average Bonchev–Trinajstić information content (AvgIpc) is 2.90. The summed E-state index contributed by atoms with van der Waals surface area (Å²) in [5.74, 6) is 0.565. The fraction of sp³-hybridized carbons (Fsp3) is 0.444. The summed E-state index contributed by atoms with van der Waals surface area (Å²) in [6.07, 6.45) is 0.942. The van der Waals surface area contributed by atoms with Gasteiger partial charge in [-0.15, -0.1) is 0 Å². The van der Waals surface area contributed by atoms with Gasteiger partial charge in [-0.1, -0.05) is 12.1 Å². The van der Waals surface area contributed by atoms with Gasteiger partial charge in [-0.2, -0.15) is 0 Å². The topological polar surface area (TPSA) is 115 Å². The lowest BCUT2D eigenvalue weighted by Crippen LogP contribution is -2.53. The Hall–Kier alpha value is -3.63. The number of carbonyl (C=O) groups is 3. The number of carbonyl (C=O) groups excluding carboxylic acids is 3.